The molecule has 0 aromatic heterocycles. The molecule has 4 rings (SSSR count). The molecule has 0 heterocycles. The zero-order chi connectivity index (χ0) is 24.0. The summed E-state index contributed by atoms with van der Waals surface area (Å²) < 4.78 is 35.0. The zero-order valence-corrected chi connectivity index (χ0v) is 21.0. The van der Waals surface area contributed by atoms with E-state index in [9.17, 15) is 8.42 Å². The number of rotatable bonds is 7. The van der Waals surface area contributed by atoms with Gasteiger partial charge in [0.15, 0.2) is 0 Å². The molecule has 6 heteroatoms. The van der Waals surface area contributed by atoms with E-state index < -0.39 is 19.5 Å². The molecule has 0 bridgehead atoms. The molecule has 2 unspecified atom stereocenters. The first-order valence-corrected chi connectivity index (χ1v) is 14.9. The van der Waals surface area contributed by atoms with E-state index in [0.717, 1.165) is 22.3 Å². The standard InChI is InChI=1S/C28H28N2O2S2/c1-33(31,27-17-13-25(14-18-27)23-9-5-3-6-10-23)29-21-22-30-34(2,32)28-19-15-26(16-20-28)24-11-7-4-8-12-24/h3-20H,21-22H2,1-2H3. The van der Waals surface area contributed by atoms with Gasteiger partial charge in [-0.05, 0) is 46.5 Å². The predicted molar refractivity (Wildman–Crippen MR) is 143 cm³/mol. The summed E-state index contributed by atoms with van der Waals surface area (Å²) in [5.41, 5.74) is 4.36. The summed E-state index contributed by atoms with van der Waals surface area (Å²) in [5, 5.41) is 0. The first-order valence-electron chi connectivity index (χ1n) is 11.0. The van der Waals surface area contributed by atoms with Crippen molar-refractivity contribution in [1.82, 2.24) is 0 Å². The van der Waals surface area contributed by atoms with Gasteiger partial charge >= 0.3 is 0 Å². The van der Waals surface area contributed by atoms with E-state index in [1.165, 1.54) is 0 Å². The van der Waals surface area contributed by atoms with Crippen molar-refractivity contribution < 1.29 is 8.42 Å². The first-order chi connectivity index (χ1) is 16.4. The summed E-state index contributed by atoms with van der Waals surface area (Å²) in [6.07, 6.45) is 3.27. The van der Waals surface area contributed by atoms with E-state index in [0.29, 0.717) is 9.79 Å². The summed E-state index contributed by atoms with van der Waals surface area (Å²) >= 11 is 0. The second-order valence-electron chi connectivity index (χ2n) is 8.09. The van der Waals surface area contributed by atoms with E-state index in [-0.39, 0.29) is 13.1 Å². The third kappa shape index (κ3) is 5.82. The van der Waals surface area contributed by atoms with Gasteiger partial charge in [0.05, 0.1) is 32.5 Å². The fraction of sp³-hybridized carbons (Fsp3) is 0.143. The fourth-order valence-corrected chi connectivity index (χ4v) is 6.08. The molecule has 0 spiro atoms. The Morgan fingerprint density at radius 2 is 0.765 bits per heavy atom. The van der Waals surface area contributed by atoms with E-state index in [2.05, 4.69) is 8.73 Å². The van der Waals surface area contributed by atoms with Gasteiger partial charge in [-0.15, -0.1) is 0 Å². The van der Waals surface area contributed by atoms with Crippen molar-refractivity contribution in [3.63, 3.8) is 0 Å². The summed E-state index contributed by atoms with van der Waals surface area (Å²) in [7, 11) is -5.11. The highest BCUT2D eigenvalue weighted by Crippen LogP contribution is 2.23. The highest BCUT2D eigenvalue weighted by molar-refractivity contribution is 7.93. The molecule has 0 amide bonds. The molecule has 0 fully saturated rings. The Morgan fingerprint density at radius 1 is 0.471 bits per heavy atom. The maximum Gasteiger partial charge on any atom is 0.0723 e. The monoisotopic (exact) mass is 488 g/mol. The topological polar surface area (TPSA) is 58.9 Å². The van der Waals surface area contributed by atoms with Crippen molar-refractivity contribution in [3.05, 3.63) is 109 Å². The highest BCUT2D eigenvalue weighted by Gasteiger charge is 2.08. The Balaban J connectivity index is 1.44. The van der Waals surface area contributed by atoms with Crippen molar-refractivity contribution in [3.8, 4) is 22.3 Å². The van der Waals surface area contributed by atoms with Crippen LogP contribution >= 0.6 is 0 Å². The van der Waals surface area contributed by atoms with Crippen LogP contribution in [0.15, 0.2) is 128 Å². The highest BCUT2D eigenvalue weighted by atomic mass is 32.2. The van der Waals surface area contributed by atoms with E-state index in [1.807, 2.05) is 109 Å². The van der Waals surface area contributed by atoms with Gasteiger partial charge in [-0.1, -0.05) is 84.9 Å². The van der Waals surface area contributed by atoms with Crippen LogP contribution < -0.4 is 0 Å². The summed E-state index contributed by atoms with van der Waals surface area (Å²) in [5.74, 6) is 0. The average molecular weight is 489 g/mol. The van der Waals surface area contributed by atoms with Crippen molar-refractivity contribution in [2.24, 2.45) is 8.73 Å². The Bertz CT molecular complexity index is 1360. The van der Waals surface area contributed by atoms with Crippen molar-refractivity contribution in [2.45, 2.75) is 9.79 Å². The van der Waals surface area contributed by atoms with Crippen LogP contribution in [0.2, 0.25) is 0 Å². The predicted octanol–water partition coefficient (Wildman–Crippen LogP) is 6.63. The van der Waals surface area contributed by atoms with Gasteiger partial charge < -0.3 is 0 Å². The minimum absolute atomic E-state index is 0.253. The molecule has 0 aliphatic rings. The molecule has 0 radical (unpaired) electrons. The Morgan fingerprint density at radius 3 is 1.09 bits per heavy atom. The number of hydrogen-bond acceptors (Lipinski definition) is 4. The molecular weight excluding hydrogens is 460 g/mol. The Kier molecular flexibility index (Phi) is 7.29. The third-order valence-corrected chi connectivity index (χ3v) is 9.22. The Hall–Kier alpha value is -3.22. The van der Waals surface area contributed by atoms with Crippen LogP contribution in [0, 0.1) is 0 Å². The van der Waals surface area contributed by atoms with Crippen LogP contribution in [0.5, 0.6) is 0 Å². The van der Waals surface area contributed by atoms with E-state index in [1.54, 1.807) is 12.5 Å². The number of benzene rings is 4. The molecule has 0 saturated heterocycles. The van der Waals surface area contributed by atoms with Gasteiger partial charge in [0, 0.05) is 22.3 Å². The molecule has 0 aliphatic carbocycles. The van der Waals surface area contributed by atoms with Crippen molar-refractivity contribution in [2.75, 3.05) is 25.6 Å². The second kappa shape index (κ2) is 10.4. The molecule has 4 aromatic carbocycles. The van der Waals surface area contributed by atoms with Crippen LogP contribution in [0.1, 0.15) is 0 Å². The zero-order valence-electron chi connectivity index (χ0n) is 19.3. The smallest absolute Gasteiger partial charge is 0.0723 e. The lowest BCUT2D eigenvalue weighted by atomic mass is 10.1. The lowest BCUT2D eigenvalue weighted by molar-refractivity contribution is 0.675. The Labute approximate surface area is 203 Å². The minimum atomic E-state index is -2.56. The number of hydrogen-bond donors (Lipinski definition) is 0. The molecule has 174 valence electrons. The van der Waals surface area contributed by atoms with Gasteiger partial charge in [0.1, 0.15) is 0 Å². The van der Waals surface area contributed by atoms with Crippen LogP contribution in [-0.4, -0.2) is 34.0 Å². The molecule has 0 aliphatic heterocycles. The summed E-state index contributed by atoms with van der Waals surface area (Å²) in [4.78, 5) is 1.36. The summed E-state index contributed by atoms with van der Waals surface area (Å²) in [6.45, 7) is 0.505. The molecule has 2 atom stereocenters. The van der Waals surface area contributed by atoms with E-state index >= 15 is 0 Å². The largest absolute Gasteiger partial charge is 0.245 e. The molecule has 4 nitrogen and oxygen atoms in total. The molecule has 4 aromatic rings. The van der Waals surface area contributed by atoms with Gasteiger partial charge in [0.2, 0.25) is 0 Å². The lowest BCUT2D eigenvalue weighted by Crippen LogP contribution is -2.03. The maximum absolute atomic E-state index is 13.1. The minimum Gasteiger partial charge on any atom is -0.245 e. The van der Waals surface area contributed by atoms with Crippen LogP contribution in [0.4, 0.5) is 0 Å². The number of nitrogens with zero attached hydrogens (tertiary/aromatic N) is 2. The van der Waals surface area contributed by atoms with Crippen molar-refractivity contribution in [1.29, 1.82) is 0 Å². The van der Waals surface area contributed by atoms with E-state index in [4.69, 9.17) is 0 Å². The maximum atomic E-state index is 13.1. The summed E-state index contributed by atoms with van der Waals surface area (Å²) in [6, 6.07) is 35.4. The first kappa shape index (κ1) is 23.9. The quantitative estimate of drug-likeness (QED) is 0.274. The molecule has 0 N–H and O–H groups in total. The SMILES string of the molecule is CS(=O)(=NCCN=S(C)(=O)c1ccc(-c2ccccc2)cc1)c1ccc(-c2ccccc2)cc1. The van der Waals surface area contributed by atoms with Gasteiger partial charge in [0.25, 0.3) is 0 Å². The third-order valence-electron chi connectivity index (χ3n) is 5.57. The second-order valence-corrected chi connectivity index (χ2v) is 12.8. The lowest BCUT2D eigenvalue weighted by Gasteiger charge is -2.08. The molecule has 0 saturated carbocycles. The van der Waals surface area contributed by atoms with Crippen LogP contribution in [0.3, 0.4) is 0 Å². The van der Waals surface area contributed by atoms with Crippen LogP contribution in [0.25, 0.3) is 22.3 Å². The molecular formula is C28H28N2O2S2. The molecule has 34 heavy (non-hydrogen) atoms. The normalized spacial score (nSPS) is 14.5. The van der Waals surface area contributed by atoms with Gasteiger partial charge in [-0.3, -0.25) is 0 Å². The van der Waals surface area contributed by atoms with Crippen LogP contribution in [-0.2, 0) is 19.5 Å². The van der Waals surface area contributed by atoms with Gasteiger partial charge in [-0.25, -0.2) is 17.1 Å². The van der Waals surface area contributed by atoms with Crippen molar-refractivity contribution >= 4 is 19.5 Å². The average Bonchev–Trinajstić information content (AvgIpc) is 2.88. The van der Waals surface area contributed by atoms with Gasteiger partial charge in [-0.2, -0.15) is 0 Å². The fourth-order valence-electron chi connectivity index (χ4n) is 3.64.